The molecule has 0 aliphatic heterocycles. The van der Waals surface area contributed by atoms with E-state index < -0.39 is 0 Å². The zero-order chi connectivity index (χ0) is 14.5. The van der Waals surface area contributed by atoms with Gasteiger partial charge in [-0.05, 0) is 54.4 Å². The summed E-state index contributed by atoms with van der Waals surface area (Å²) in [7, 11) is 0. The van der Waals surface area contributed by atoms with Crippen LogP contribution in [-0.2, 0) is 6.42 Å². The van der Waals surface area contributed by atoms with Gasteiger partial charge >= 0.3 is 0 Å². The van der Waals surface area contributed by atoms with Crippen molar-refractivity contribution in [1.29, 1.82) is 0 Å². The zero-order valence-electron chi connectivity index (χ0n) is 11.2. The minimum atomic E-state index is -0.280. The molecule has 0 amide bonds. The van der Waals surface area contributed by atoms with Gasteiger partial charge in [-0.1, -0.05) is 30.7 Å². The standard InChI is InChI=1S/C16H16ClF2N/c1-2-20-16(11-3-6-14(18)7-4-11)10-12-9-13(17)5-8-15(12)19/h3-9,16,20H,2,10H2,1H3. The summed E-state index contributed by atoms with van der Waals surface area (Å²) in [6.07, 6.45) is 0.464. The van der Waals surface area contributed by atoms with Crippen molar-refractivity contribution in [2.45, 2.75) is 19.4 Å². The van der Waals surface area contributed by atoms with E-state index in [1.54, 1.807) is 18.2 Å². The highest BCUT2D eigenvalue weighted by atomic mass is 35.5. The maximum absolute atomic E-state index is 13.8. The van der Waals surface area contributed by atoms with Crippen LogP contribution < -0.4 is 5.32 Å². The van der Waals surface area contributed by atoms with Gasteiger partial charge in [0.25, 0.3) is 0 Å². The van der Waals surface area contributed by atoms with Crippen molar-refractivity contribution in [3.05, 3.63) is 70.2 Å². The van der Waals surface area contributed by atoms with E-state index in [1.807, 2.05) is 6.92 Å². The average Bonchev–Trinajstić information content (AvgIpc) is 2.43. The first-order valence-corrected chi connectivity index (χ1v) is 6.90. The van der Waals surface area contributed by atoms with Gasteiger partial charge in [-0.25, -0.2) is 8.78 Å². The molecule has 0 aliphatic carbocycles. The van der Waals surface area contributed by atoms with Crippen LogP contribution in [-0.4, -0.2) is 6.54 Å². The van der Waals surface area contributed by atoms with E-state index in [1.165, 1.54) is 24.3 Å². The lowest BCUT2D eigenvalue weighted by Gasteiger charge is -2.19. The van der Waals surface area contributed by atoms with Crippen LogP contribution in [0.2, 0.25) is 5.02 Å². The molecular formula is C16H16ClF2N. The SMILES string of the molecule is CCNC(Cc1cc(Cl)ccc1F)c1ccc(F)cc1. The minimum Gasteiger partial charge on any atom is -0.310 e. The van der Waals surface area contributed by atoms with Crippen LogP contribution in [0, 0.1) is 11.6 Å². The van der Waals surface area contributed by atoms with Crippen LogP contribution in [0.5, 0.6) is 0 Å². The second kappa shape index (κ2) is 6.82. The van der Waals surface area contributed by atoms with Crippen molar-refractivity contribution >= 4 is 11.6 Å². The second-order valence-electron chi connectivity index (χ2n) is 4.60. The number of likely N-dealkylation sites (N-methyl/N-ethyl adjacent to an activating group) is 1. The number of benzene rings is 2. The Bertz CT molecular complexity index is 569. The monoisotopic (exact) mass is 295 g/mol. The van der Waals surface area contributed by atoms with Crippen LogP contribution in [0.4, 0.5) is 8.78 Å². The molecule has 0 bridgehead atoms. The third-order valence-electron chi connectivity index (χ3n) is 3.15. The Morgan fingerprint density at radius 1 is 1.10 bits per heavy atom. The summed E-state index contributed by atoms with van der Waals surface area (Å²) in [5, 5.41) is 3.79. The molecule has 2 rings (SSSR count). The molecule has 2 aromatic rings. The smallest absolute Gasteiger partial charge is 0.126 e. The van der Waals surface area contributed by atoms with E-state index in [9.17, 15) is 8.78 Å². The first-order valence-electron chi connectivity index (χ1n) is 6.53. The summed E-state index contributed by atoms with van der Waals surface area (Å²) in [5.41, 5.74) is 1.47. The Kier molecular flexibility index (Phi) is 5.10. The number of rotatable bonds is 5. The third-order valence-corrected chi connectivity index (χ3v) is 3.39. The number of hydrogen-bond donors (Lipinski definition) is 1. The summed E-state index contributed by atoms with van der Waals surface area (Å²) >= 11 is 5.91. The molecule has 106 valence electrons. The Labute approximate surface area is 122 Å². The molecule has 4 heteroatoms. The topological polar surface area (TPSA) is 12.0 Å². The maximum Gasteiger partial charge on any atom is 0.126 e. The number of nitrogens with one attached hydrogen (secondary N) is 1. The molecule has 0 saturated heterocycles. The fourth-order valence-electron chi connectivity index (χ4n) is 2.17. The van der Waals surface area contributed by atoms with E-state index in [0.717, 1.165) is 12.1 Å². The van der Waals surface area contributed by atoms with E-state index in [2.05, 4.69) is 5.32 Å². The predicted octanol–water partition coefficient (Wildman–Crippen LogP) is 4.51. The lowest BCUT2D eigenvalue weighted by Crippen LogP contribution is -2.23. The Balaban J connectivity index is 2.25. The number of hydrogen-bond acceptors (Lipinski definition) is 1. The summed E-state index contributed by atoms with van der Waals surface area (Å²) in [4.78, 5) is 0. The van der Waals surface area contributed by atoms with E-state index in [4.69, 9.17) is 11.6 Å². The minimum absolute atomic E-state index is 0.0754. The van der Waals surface area contributed by atoms with Gasteiger partial charge in [0.15, 0.2) is 0 Å². The maximum atomic E-state index is 13.8. The van der Waals surface area contributed by atoms with Crippen LogP contribution in [0.3, 0.4) is 0 Å². The highest BCUT2D eigenvalue weighted by Gasteiger charge is 2.14. The van der Waals surface area contributed by atoms with Gasteiger partial charge in [0, 0.05) is 11.1 Å². The van der Waals surface area contributed by atoms with Crippen LogP contribution >= 0.6 is 11.6 Å². The molecular weight excluding hydrogens is 280 g/mol. The normalized spacial score (nSPS) is 12.4. The van der Waals surface area contributed by atoms with E-state index in [0.29, 0.717) is 17.0 Å². The molecule has 1 unspecified atom stereocenters. The molecule has 0 aromatic heterocycles. The van der Waals surface area contributed by atoms with Gasteiger partial charge in [-0.2, -0.15) is 0 Å². The Morgan fingerprint density at radius 2 is 1.80 bits per heavy atom. The molecule has 0 saturated carbocycles. The summed E-state index contributed by atoms with van der Waals surface area (Å²) < 4.78 is 26.8. The third kappa shape index (κ3) is 3.78. The fraction of sp³-hybridized carbons (Fsp3) is 0.250. The van der Waals surface area contributed by atoms with E-state index >= 15 is 0 Å². The predicted molar refractivity (Wildman–Crippen MR) is 77.9 cm³/mol. The molecule has 0 spiro atoms. The lowest BCUT2D eigenvalue weighted by atomic mass is 9.98. The first-order chi connectivity index (χ1) is 9.60. The van der Waals surface area contributed by atoms with Gasteiger partial charge < -0.3 is 5.32 Å². The highest BCUT2D eigenvalue weighted by molar-refractivity contribution is 6.30. The fourth-order valence-corrected chi connectivity index (χ4v) is 2.36. The van der Waals surface area contributed by atoms with Crippen molar-refractivity contribution < 1.29 is 8.78 Å². The van der Waals surface area contributed by atoms with Crippen molar-refractivity contribution in [1.82, 2.24) is 5.32 Å². The molecule has 1 N–H and O–H groups in total. The second-order valence-corrected chi connectivity index (χ2v) is 5.04. The summed E-state index contributed by atoms with van der Waals surface area (Å²) in [6, 6.07) is 10.7. The van der Waals surface area contributed by atoms with Gasteiger partial charge in [-0.15, -0.1) is 0 Å². The average molecular weight is 296 g/mol. The highest BCUT2D eigenvalue weighted by Crippen LogP contribution is 2.23. The van der Waals surface area contributed by atoms with Gasteiger partial charge in [0.1, 0.15) is 11.6 Å². The molecule has 0 radical (unpaired) electrons. The van der Waals surface area contributed by atoms with Crippen LogP contribution in [0.25, 0.3) is 0 Å². The van der Waals surface area contributed by atoms with Gasteiger partial charge in [-0.3, -0.25) is 0 Å². The lowest BCUT2D eigenvalue weighted by molar-refractivity contribution is 0.526. The largest absolute Gasteiger partial charge is 0.310 e. The van der Waals surface area contributed by atoms with Crippen molar-refractivity contribution in [3.63, 3.8) is 0 Å². The molecule has 20 heavy (non-hydrogen) atoms. The van der Waals surface area contributed by atoms with Crippen molar-refractivity contribution in [3.8, 4) is 0 Å². The van der Waals surface area contributed by atoms with Gasteiger partial charge in [0.05, 0.1) is 0 Å². The summed E-state index contributed by atoms with van der Waals surface area (Å²) in [6.45, 7) is 2.72. The number of halogens is 3. The summed E-state index contributed by atoms with van der Waals surface area (Å²) in [5.74, 6) is -0.558. The van der Waals surface area contributed by atoms with Crippen molar-refractivity contribution in [2.75, 3.05) is 6.54 Å². The molecule has 2 aromatic carbocycles. The molecule has 0 heterocycles. The Hall–Kier alpha value is -1.45. The van der Waals surface area contributed by atoms with Gasteiger partial charge in [0.2, 0.25) is 0 Å². The quantitative estimate of drug-likeness (QED) is 0.855. The van der Waals surface area contributed by atoms with E-state index in [-0.39, 0.29) is 17.7 Å². The Morgan fingerprint density at radius 3 is 2.45 bits per heavy atom. The first kappa shape index (κ1) is 14.9. The van der Waals surface area contributed by atoms with Crippen LogP contribution in [0.1, 0.15) is 24.1 Å². The molecule has 1 atom stereocenters. The molecule has 0 fully saturated rings. The molecule has 1 nitrogen and oxygen atoms in total. The zero-order valence-corrected chi connectivity index (χ0v) is 11.9. The molecule has 0 aliphatic rings. The van der Waals surface area contributed by atoms with Crippen molar-refractivity contribution in [2.24, 2.45) is 0 Å². The van der Waals surface area contributed by atoms with Crippen LogP contribution in [0.15, 0.2) is 42.5 Å².